The molecule has 1 saturated carbocycles. The smallest absolute Gasteiger partial charge is 0.263 e. The summed E-state index contributed by atoms with van der Waals surface area (Å²) in [5, 5.41) is 3.86. The van der Waals surface area contributed by atoms with Crippen molar-refractivity contribution in [1.82, 2.24) is 5.32 Å². The molecule has 19 heavy (non-hydrogen) atoms. The second-order valence-electron chi connectivity index (χ2n) is 5.19. The van der Waals surface area contributed by atoms with Crippen LogP contribution in [0.5, 0.6) is 0 Å². The molecule has 1 aliphatic rings. The van der Waals surface area contributed by atoms with Gasteiger partial charge in [0.25, 0.3) is 5.91 Å². The summed E-state index contributed by atoms with van der Waals surface area (Å²) in [5.41, 5.74) is 8.12. The number of nitrogens with two attached hydrogens (primary N) is 1. The first kappa shape index (κ1) is 14.2. The normalized spacial score (nSPS) is 14.5. The average molecular weight is 281 g/mol. The Morgan fingerprint density at radius 2 is 2.21 bits per heavy atom. The molecule has 3 N–H and O–H groups in total. The molecule has 0 radical (unpaired) electrons. The lowest BCUT2D eigenvalue weighted by atomic mass is 10.1. The number of nitrogens with one attached hydrogen (secondary N) is 1. The Balaban J connectivity index is 2.33. The maximum Gasteiger partial charge on any atom is 0.263 e. The lowest BCUT2D eigenvalue weighted by Gasteiger charge is -2.19. The molecule has 1 aliphatic carbocycles. The molecule has 0 aliphatic heterocycles. The first-order valence-electron chi connectivity index (χ1n) is 6.95. The molecule has 5 heteroatoms. The Morgan fingerprint density at radius 1 is 1.53 bits per heavy atom. The minimum absolute atomic E-state index is 0.0699. The van der Waals surface area contributed by atoms with Crippen LogP contribution in [0.2, 0.25) is 0 Å². The Bertz CT molecular complexity index is 466. The van der Waals surface area contributed by atoms with Gasteiger partial charge in [0.2, 0.25) is 0 Å². The van der Waals surface area contributed by atoms with Crippen molar-refractivity contribution in [3.05, 3.63) is 10.4 Å². The van der Waals surface area contributed by atoms with Gasteiger partial charge in [-0.2, -0.15) is 0 Å². The predicted octanol–water partition coefficient (Wildman–Crippen LogP) is 2.80. The van der Waals surface area contributed by atoms with Crippen LogP contribution < -0.4 is 16.0 Å². The van der Waals surface area contributed by atoms with Gasteiger partial charge in [-0.15, -0.1) is 11.3 Å². The van der Waals surface area contributed by atoms with Gasteiger partial charge in [-0.1, -0.05) is 13.3 Å². The second kappa shape index (κ2) is 5.82. The van der Waals surface area contributed by atoms with E-state index < -0.39 is 0 Å². The van der Waals surface area contributed by atoms with Crippen LogP contribution in [0.3, 0.4) is 0 Å². The first-order valence-corrected chi connectivity index (χ1v) is 7.77. The third-order valence-electron chi connectivity index (χ3n) is 3.58. The molecule has 4 nitrogen and oxygen atoms in total. The van der Waals surface area contributed by atoms with Crippen molar-refractivity contribution in [2.24, 2.45) is 0 Å². The molecule has 1 amide bonds. The summed E-state index contributed by atoms with van der Waals surface area (Å²) in [6, 6.07) is 0. The third kappa shape index (κ3) is 2.86. The summed E-state index contributed by atoms with van der Waals surface area (Å²) < 4.78 is 0. The van der Waals surface area contributed by atoms with E-state index in [1.165, 1.54) is 41.2 Å². The molecule has 0 spiro atoms. The molecule has 1 aromatic rings. The third-order valence-corrected chi connectivity index (χ3v) is 4.91. The van der Waals surface area contributed by atoms with Crippen LogP contribution in [-0.4, -0.2) is 26.5 Å². The summed E-state index contributed by atoms with van der Waals surface area (Å²) in [6.07, 6.45) is 4.73. The number of unbranched alkanes of at least 4 members (excludes halogenated alkanes) is 1. The van der Waals surface area contributed by atoms with E-state index in [1.807, 2.05) is 0 Å². The highest BCUT2D eigenvalue weighted by Gasteiger charge is 2.33. The topological polar surface area (TPSA) is 58.4 Å². The van der Waals surface area contributed by atoms with Crippen LogP contribution >= 0.6 is 11.3 Å². The molecule has 1 fully saturated rings. The Labute approximate surface area is 119 Å². The molecule has 0 atom stereocenters. The van der Waals surface area contributed by atoms with Crippen molar-refractivity contribution in [3.63, 3.8) is 0 Å². The largest absolute Gasteiger partial charge is 0.397 e. The van der Waals surface area contributed by atoms with Crippen LogP contribution in [0, 0.1) is 0 Å². The maximum atomic E-state index is 11.9. The molecule has 0 bridgehead atoms. The zero-order valence-electron chi connectivity index (χ0n) is 12.0. The molecule has 0 aromatic carbocycles. The van der Waals surface area contributed by atoms with Crippen molar-refractivity contribution in [1.29, 1.82) is 0 Å². The fourth-order valence-electron chi connectivity index (χ4n) is 2.27. The van der Waals surface area contributed by atoms with Crippen LogP contribution in [0.4, 0.5) is 10.7 Å². The molecule has 0 saturated heterocycles. The molecular formula is C14H23N3OS. The number of hydrogen-bond donors (Lipinski definition) is 2. The number of carbonyl (C=O) groups is 1. The van der Waals surface area contributed by atoms with E-state index in [1.54, 1.807) is 7.05 Å². The summed E-state index contributed by atoms with van der Waals surface area (Å²) >= 11 is 1.53. The number of hydrogen-bond acceptors (Lipinski definition) is 4. The molecule has 0 unspecified atom stereocenters. The lowest BCUT2D eigenvalue weighted by Crippen LogP contribution is -2.18. The van der Waals surface area contributed by atoms with E-state index in [-0.39, 0.29) is 5.91 Å². The summed E-state index contributed by atoms with van der Waals surface area (Å²) in [6.45, 7) is 3.21. The van der Waals surface area contributed by atoms with Gasteiger partial charge in [-0.05, 0) is 25.2 Å². The number of amides is 1. The molecule has 1 heterocycles. The number of carbonyl (C=O) groups excluding carboxylic acids is 1. The number of nitrogen functional groups attached to an aromatic ring is 1. The summed E-state index contributed by atoms with van der Waals surface area (Å²) in [4.78, 5) is 14.8. The highest BCUT2D eigenvalue weighted by molar-refractivity contribution is 7.18. The highest BCUT2D eigenvalue weighted by atomic mass is 32.1. The number of thiophene rings is 1. The van der Waals surface area contributed by atoms with Gasteiger partial charge in [-0.25, -0.2) is 0 Å². The Kier molecular flexibility index (Phi) is 4.34. The van der Waals surface area contributed by atoms with Crippen LogP contribution in [0.25, 0.3) is 0 Å². The zero-order valence-corrected chi connectivity index (χ0v) is 12.8. The highest BCUT2D eigenvalue weighted by Crippen LogP contribution is 2.51. The number of nitrogens with zero attached hydrogens (tertiary/aromatic N) is 1. The van der Waals surface area contributed by atoms with Gasteiger partial charge in [0.15, 0.2) is 0 Å². The minimum atomic E-state index is -0.0699. The molecule has 106 valence electrons. The van der Waals surface area contributed by atoms with Crippen molar-refractivity contribution in [2.45, 2.75) is 38.5 Å². The molecular weight excluding hydrogens is 258 g/mol. The SMILES string of the molecule is CCCCN(C)c1sc(C(=O)NC)c(N)c1C1CC1. The quantitative estimate of drug-likeness (QED) is 0.843. The average Bonchev–Trinajstić information content (AvgIpc) is 3.18. The first-order chi connectivity index (χ1) is 9.10. The summed E-state index contributed by atoms with van der Waals surface area (Å²) in [7, 11) is 3.75. The monoisotopic (exact) mass is 281 g/mol. The van der Waals surface area contributed by atoms with Crippen molar-refractivity contribution < 1.29 is 4.79 Å². The van der Waals surface area contributed by atoms with Crippen molar-refractivity contribution >= 4 is 27.9 Å². The van der Waals surface area contributed by atoms with E-state index >= 15 is 0 Å². The van der Waals surface area contributed by atoms with Crippen LogP contribution in [0.1, 0.15) is 53.8 Å². The van der Waals surface area contributed by atoms with Crippen molar-refractivity contribution in [3.8, 4) is 0 Å². The van der Waals surface area contributed by atoms with E-state index in [0.29, 0.717) is 16.5 Å². The van der Waals surface area contributed by atoms with E-state index in [9.17, 15) is 4.79 Å². The van der Waals surface area contributed by atoms with Gasteiger partial charge in [-0.3, -0.25) is 4.79 Å². The van der Waals surface area contributed by atoms with Gasteiger partial charge < -0.3 is 16.0 Å². The Hall–Kier alpha value is -1.23. The van der Waals surface area contributed by atoms with Crippen molar-refractivity contribution in [2.75, 3.05) is 31.3 Å². The fraction of sp³-hybridized carbons (Fsp3) is 0.643. The molecule has 2 rings (SSSR count). The minimum Gasteiger partial charge on any atom is -0.397 e. The maximum absolute atomic E-state index is 11.9. The van der Waals surface area contributed by atoms with Crippen LogP contribution in [0.15, 0.2) is 0 Å². The van der Waals surface area contributed by atoms with Gasteiger partial charge >= 0.3 is 0 Å². The summed E-state index contributed by atoms with van der Waals surface area (Å²) in [5.74, 6) is 0.494. The lowest BCUT2D eigenvalue weighted by molar-refractivity contribution is 0.0968. The molecule has 1 aromatic heterocycles. The Morgan fingerprint density at radius 3 is 2.74 bits per heavy atom. The predicted molar refractivity (Wildman–Crippen MR) is 82.3 cm³/mol. The van der Waals surface area contributed by atoms with Gasteiger partial charge in [0, 0.05) is 26.2 Å². The van der Waals surface area contributed by atoms with Crippen LogP contribution in [-0.2, 0) is 0 Å². The van der Waals surface area contributed by atoms with Gasteiger partial charge in [0.1, 0.15) is 4.88 Å². The van der Waals surface area contributed by atoms with E-state index in [4.69, 9.17) is 5.73 Å². The standard InChI is InChI=1S/C14H23N3OS/c1-4-5-8-17(3)14-10(9-6-7-9)11(15)12(19-14)13(18)16-2/h9H,4-8,15H2,1-3H3,(H,16,18). The fourth-order valence-corrected chi connectivity index (χ4v) is 3.51. The van der Waals surface area contributed by atoms with E-state index in [0.717, 1.165) is 13.0 Å². The zero-order chi connectivity index (χ0) is 14.0. The second-order valence-corrected chi connectivity index (χ2v) is 6.19. The van der Waals surface area contributed by atoms with E-state index in [2.05, 4.69) is 24.2 Å². The number of rotatable bonds is 6. The number of anilines is 2. The van der Waals surface area contributed by atoms with Gasteiger partial charge in [0.05, 0.1) is 10.7 Å².